The summed E-state index contributed by atoms with van der Waals surface area (Å²) in [7, 11) is 1.64. The Morgan fingerprint density at radius 2 is 1.94 bits per heavy atom. The molecule has 4 rings (SSSR count). The van der Waals surface area contributed by atoms with Gasteiger partial charge in [0.05, 0.1) is 24.8 Å². The Morgan fingerprint density at radius 1 is 1.16 bits per heavy atom. The highest BCUT2D eigenvalue weighted by Gasteiger charge is 2.18. The maximum Gasteiger partial charge on any atom is 0.246 e. The van der Waals surface area contributed by atoms with Gasteiger partial charge in [-0.15, -0.1) is 5.10 Å². The lowest BCUT2D eigenvalue weighted by Gasteiger charge is -2.11. The van der Waals surface area contributed by atoms with E-state index in [4.69, 9.17) is 9.72 Å². The maximum atomic E-state index is 13.3. The molecule has 0 aliphatic carbocycles. The number of halogens is 1. The molecule has 4 aromatic rings. The summed E-state index contributed by atoms with van der Waals surface area (Å²) >= 11 is 0. The average molecular weight is 420 g/mol. The fourth-order valence-electron chi connectivity index (χ4n) is 3.51. The molecule has 0 unspecified atom stereocenters. The van der Waals surface area contributed by atoms with Crippen LogP contribution in [0.15, 0.2) is 55.0 Å². The molecule has 1 N–H and O–H groups in total. The van der Waals surface area contributed by atoms with Crippen molar-refractivity contribution in [3.63, 3.8) is 0 Å². The van der Waals surface area contributed by atoms with Crippen molar-refractivity contribution in [1.82, 2.24) is 24.3 Å². The summed E-state index contributed by atoms with van der Waals surface area (Å²) < 4.78 is 22.6. The number of benzene rings is 2. The van der Waals surface area contributed by atoms with Crippen molar-refractivity contribution in [2.24, 2.45) is 0 Å². The minimum absolute atomic E-state index is 0.0232. The second-order valence-electron chi connectivity index (χ2n) is 7.32. The van der Waals surface area contributed by atoms with E-state index in [0.29, 0.717) is 18.2 Å². The number of anilines is 2. The third kappa shape index (κ3) is 4.28. The summed E-state index contributed by atoms with van der Waals surface area (Å²) in [6.45, 7) is 6.68. The molecule has 2 aromatic carbocycles. The van der Waals surface area contributed by atoms with Gasteiger partial charge in [-0.1, -0.05) is 19.1 Å². The first-order valence-electron chi connectivity index (χ1n) is 10.1. The van der Waals surface area contributed by atoms with E-state index in [1.54, 1.807) is 25.6 Å². The smallest absolute Gasteiger partial charge is 0.246 e. The van der Waals surface area contributed by atoms with Crippen LogP contribution in [0, 0.1) is 12.7 Å². The van der Waals surface area contributed by atoms with Gasteiger partial charge in [-0.2, -0.15) is 4.98 Å². The van der Waals surface area contributed by atoms with Gasteiger partial charge in [-0.3, -0.25) is 0 Å². The van der Waals surface area contributed by atoms with Crippen molar-refractivity contribution in [3.05, 3.63) is 77.9 Å². The second-order valence-corrected chi connectivity index (χ2v) is 7.32. The molecule has 2 aromatic heterocycles. The SMILES string of the molecule is CCn1nc(Nc2ccc(-n3cnc(C)c3)c(OC)c2)nc1[C@@H](C)c1ccc(F)cc1. The minimum Gasteiger partial charge on any atom is -0.494 e. The maximum absolute atomic E-state index is 13.3. The lowest BCUT2D eigenvalue weighted by Crippen LogP contribution is -2.08. The number of ether oxygens (including phenoxy) is 1. The van der Waals surface area contributed by atoms with Gasteiger partial charge < -0.3 is 14.6 Å². The van der Waals surface area contributed by atoms with Crippen LogP contribution in [0.25, 0.3) is 5.69 Å². The van der Waals surface area contributed by atoms with Gasteiger partial charge >= 0.3 is 0 Å². The van der Waals surface area contributed by atoms with Gasteiger partial charge in [0, 0.05) is 30.4 Å². The molecule has 0 aliphatic heterocycles. The van der Waals surface area contributed by atoms with E-state index in [1.165, 1.54) is 12.1 Å². The normalized spacial score (nSPS) is 12.0. The highest BCUT2D eigenvalue weighted by molar-refractivity contribution is 5.62. The predicted molar refractivity (Wildman–Crippen MR) is 118 cm³/mol. The van der Waals surface area contributed by atoms with Crippen molar-refractivity contribution in [3.8, 4) is 11.4 Å². The number of aryl methyl sites for hydroxylation is 2. The third-order valence-corrected chi connectivity index (χ3v) is 5.18. The van der Waals surface area contributed by atoms with Crippen molar-refractivity contribution >= 4 is 11.6 Å². The molecule has 160 valence electrons. The molecular weight excluding hydrogens is 395 g/mol. The standard InChI is InChI=1S/C23H25FN6O/c1-5-30-22(16(3)17-6-8-18(24)9-7-17)27-23(28-30)26-19-10-11-20(21(12-19)31-4)29-13-15(2)25-14-29/h6-14,16H,5H2,1-4H3,(H,26,28)/t16-/m0/s1. The number of methoxy groups -OCH3 is 1. The molecule has 1 atom stereocenters. The summed E-state index contributed by atoms with van der Waals surface area (Å²) in [5, 5.41) is 7.86. The van der Waals surface area contributed by atoms with E-state index >= 15 is 0 Å². The van der Waals surface area contributed by atoms with Gasteiger partial charge in [0.25, 0.3) is 0 Å². The Bertz CT molecular complexity index is 1180. The van der Waals surface area contributed by atoms with Crippen molar-refractivity contribution < 1.29 is 9.13 Å². The van der Waals surface area contributed by atoms with Gasteiger partial charge in [-0.25, -0.2) is 14.1 Å². The van der Waals surface area contributed by atoms with Crippen LogP contribution in [0.3, 0.4) is 0 Å². The Balaban J connectivity index is 1.60. The van der Waals surface area contributed by atoms with Gasteiger partial charge in [0.2, 0.25) is 5.95 Å². The van der Waals surface area contributed by atoms with E-state index < -0.39 is 0 Å². The van der Waals surface area contributed by atoms with Crippen LogP contribution in [0.5, 0.6) is 5.75 Å². The highest BCUT2D eigenvalue weighted by atomic mass is 19.1. The van der Waals surface area contributed by atoms with Crippen LogP contribution in [-0.2, 0) is 6.54 Å². The number of hydrogen-bond acceptors (Lipinski definition) is 5. The summed E-state index contributed by atoms with van der Waals surface area (Å²) in [5.74, 6) is 1.74. The zero-order valence-electron chi connectivity index (χ0n) is 18.0. The van der Waals surface area contributed by atoms with Gasteiger partial charge in [-0.05, 0) is 43.7 Å². The Labute approximate surface area is 180 Å². The zero-order chi connectivity index (χ0) is 22.0. The van der Waals surface area contributed by atoms with Crippen LogP contribution in [0.2, 0.25) is 0 Å². The largest absolute Gasteiger partial charge is 0.494 e. The molecular formula is C23H25FN6O. The molecule has 0 amide bonds. The number of imidazole rings is 1. The van der Waals surface area contributed by atoms with Gasteiger partial charge in [0.1, 0.15) is 17.4 Å². The number of hydrogen-bond donors (Lipinski definition) is 1. The molecule has 31 heavy (non-hydrogen) atoms. The first-order chi connectivity index (χ1) is 15.0. The minimum atomic E-state index is -0.251. The fourth-order valence-corrected chi connectivity index (χ4v) is 3.51. The first kappa shape index (κ1) is 20.6. The zero-order valence-corrected chi connectivity index (χ0v) is 18.0. The summed E-state index contributed by atoms with van der Waals surface area (Å²) in [6, 6.07) is 12.3. The molecule has 0 saturated heterocycles. The van der Waals surface area contributed by atoms with Crippen molar-refractivity contribution in [2.75, 3.05) is 12.4 Å². The highest BCUT2D eigenvalue weighted by Crippen LogP contribution is 2.29. The Kier molecular flexibility index (Phi) is 5.70. The quantitative estimate of drug-likeness (QED) is 0.464. The number of nitrogens with zero attached hydrogens (tertiary/aromatic N) is 5. The number of aromatic nitrogens is 5. The van der Waals surface area contributed by atoms with Crippen LogP contribution in [0.4, 0.5) is 16.0 Å². The van der Waals surface area contributed by atoms with E-state index in [0.717, 1.165) is 28.5 Å². The van der Waals surface area contributed by atoms with Crippen molar-refractivity contribution in [2.45, 2.75) is 33.2 Å². The fraction of sp³-hybridized carbons (Fsp3) is 0.261. The molecule has 0 bridgehead atoms. The molecule has 0 aliphatic rings. The van der Waals surface area contributed by atoms with E-state index in [-0.39, 0.29) is 11.7 Å². The molecule has 0 spiro atoms. The summed E-state index contributed by atoms with van der Waals surface area (Å²) in [6.07, 6.45) is 3.70. The topological polar surface area (TPSA) is 69.8 Å². The third-order valence-electron chi connectivity index (χ3n) is 5.18. The van der Waals surface area contributed by atoms with E-state index in [1.807, 2.05) is 54.4 Å². The monoisotopic (exact) mass is 420 g/mol. The Morgan fingerprint density at radius 3 is 2.58 bits per heavy atom. The molecule has 0 saturated carbocycles. The lowest BCUT2D eigenvalue weighted by molar-refractivity contribution is 0.413. The molecule has 0 fully saturated rings. The summed E-state index contributed by atoms with van der Waals surface area (Å²) in [5.41, 5.74) is 3.62. The van der Waals surface area contributed by atoms with Crippen LogP contribution < -0.4 is 10.1 Å². The molecule has 2 heterocycles. The van der Waals surface area contributed by atoms with E-state index in [2.05, 4.69) is 15.4 Å². The number of nitrogens with one attached hydrogen (secondary N) is 1. The average Bonchev–Trinajstić information content (AvgIpc) is 3.39. The van der Waals surface area contributed by atoms with Crippen LogP contribution in [-0.4, -0.2) is 31.4 Å². The summed E-state index contributed by atoms with van der Waals surface area (Å²) in [4.78, 5) is 8.98. The predicted octanol–water partition coefficient (Wildman–Crippen LogP) is 4.84. The number of rotatable bonds is 7. The Hall–Kier alpha value is -3.68. The molecule has 0 radical (unpaired) electrons. The van der Waals surface area contributed by atoms with Crippen molar-refractivity contribution in [1.29, 1.82) is 0 Å². The molecule has 7 nitrogen and oxygen atoms in total. The first-order valence-corrected chi connectivity index (χ1v) is 10.1. The van der Waals surface area contributed by atoms with Crippen LogP contribution in [0.1, 0.15) is 36.8 Å². The van der Waals surface area contributed by atoms with E-state index in [9.17, 15) is 4.39 Å². The lowest BCUT2D eigenvalue weighted by atomic mass is 10.0. The molecule has 8 heteroatoms. The van der Waals surface area contributed by atoms with Gasteiger partial charge in [0.15, 0.2) is 0 Å². The van der Waals surface area contributed by atoms with Crippen LogP contribution >= 0.6 is 0 Å². The second kappa shape index (κ2) is 8.59.